The second-order valence-corrected chi connectivity index (χ2v) is 4.34. The fourth-order valence-corrected chi connectivity index (χ4v) is 1.95. The first-order valence-electron chi connectivity index (χ1n) is 5.85. The molecule has 2 aromatic rings. The molecule has 106 valence electrons. The molecule has 0 amide bonds. The zero-order valence-electron chi connectivity index (χ0n) is 10.9. The minimum atomic E-state index is -1.09. The Morgan fingerprint density at radius 1 is 1.40 bits per heavy atom. The minimum Gasteiger partial charge on any atom is -0.477 e. The van der Waals surface area contributed by atoms with Crippen LogP contribution >= 0.6 is 0 Å². The van der Waals surface area contributed by atoms with E-state index in [-0.39, 0.29) is 12.1 Å². The van der Waals surface area contributed by atoms with Gasteiger partial charge in [-0.25, -0.2) is 13.6 Å². The van der Waals surface area contributed by atoms with Crippen molar-refractivity contribution in [3.05, 3.63) is 46.7 Å². The molecule has 2 rings (SSSR count). The molecular formula is C13H13F2N3O2. The molecule has 0 aliphatic carbocycles. The van der Waals surface area contributed by atoms with E-state index in [1.54, 1.807) is 14.0 Å². The summed E-state index contributed by atoms with van der Waals surface area (Å²) in [6, 6.07) is 3.51. The van der Waals surface area contributed by atoms with Crippen LogP contribution in [0.25, 0.3) is 0 Å². The van der Waals surface area contributed by atoms with Gasteiger partial charge in [0.15, 0.2) is 11.6 Å². The number of nitrogens with one attached hydrogen (secondary N) is 1. The van der Waals surface area contributed by atoms with Gasteiger partial charge in [-0.1, -0.05) is 6.07 Å². The Labute approximate surface area is 113 Å². The van der Waals surface area contributed by atoms with Crippen molar-refractivity contribution >= 4 is 11.8 Å². The van der Waals surface area contributed by atoms with Crippen molar-refractivity contribution < 1.29 is 18.7 Å². The molecule has 20 heavy (non-hydrogen) atoms. The molecule has 1 aromatic heterocycles. The minimum absolute atomic E-state index is 0.0649. The van der Waals surface area contributed by atoms with Crippen molar-refractivity contribution in [2.24, 2.45) is 7.05 Å². The molecule has 0 aliphatic heterocycles. The van der Waals surface area contributed by atoms with Gasteiger partial charge in [0.05, 0.1) is 5.69 Å². The third-order valence-corrected chi connectivity index (χ3v) is 2.88. The standard InChI is InChI=1S/C13H13F2N3O2/c1-7-11(13(19)20)12(18(2)17-7)16-6-8-3-4-9(14)10(15)5-8/h3-5,16H,6H2,1-2H3,(H,19,20). The summed E-state index contributed by atoms with van der Waals surface area (Å²) in [5.41, 5.74) is 0.946. The number of rotatable bonds is 4. The summed E-state index contributed by atoms with van der Waals surface area (Å²) in [5, 5.41) is 16.0. The number of aryl methyl sites for hydroxylation is 2. The highest BCUT2D eigenvalue weighted by Gasteiger charge is 2.19. The number of carbonyl (C=O) groups is 1. The SMILES string of the molecule is Cc1nn(C)c(NCc2ccc(F)c(F)c2)c1C(=O)O. The number of benzene rings is 1. The molecular weight excluding hydrogens is 268 g/mol. The van der Waals surface area contributed by atoms with Crippen molar-refractivity contribution in [3.63, 3.8) is 0 Å². The van der Waals surface area contributed by atoms with Crippen LogP contribution in [0.15, 0.2) is 18.2 Å². The number of aromatic carboxylic acids is 1. The number of carboxylic acids is 1. The number of aromatic nitrogens is 2. The smallest absolute Gasteiger partial charge is 0.341 e. The summed E-state index contributed by atoms with van der Waals surface area (Å²) in [6.45, 7) is 1.75. The molecule has 0 aliphatic rings. The molecule has 0 spiro atoms. The van der Waals surface area contributed by atoms with Gasteiger partial charge in [0.25, 0.3) is 0 Å². The number of anilines is 1. The summed E-state index contributed by atoms with van der Waals surface area (Å²) in [7, 11) is 1.60. The Morgan fingerprint density at radius 3 is 2.70 bits per heavy atom. The Balaban J connectivity index is 2.22. The number of nitrogens with zero attached hydrogens (tertiary/aromatic N) is 2. The first kappa shape index (κ1) is 14.0. The maximum absolute atomic E-state index is 13.1. The predicted molar refractivity (Wildman–Crippen MR) is 68.6 cm³/mol. The third-order valence-electron chi connectivity index (χ3n) is 2.88. The highest BCUT2D eigenvalue weighted by Crippen LogP contribution is 2.19. The lowest BCUT2D eigenvalue weighted by Gasteiger charge is -2.08. The fraction of sp³-hybridized carbons (Fsp3) is 0.231. The van der Waals surface area contributed by atoms with E-state index in [9.17, 15) is 13.6 Å². The summed E-state index contributed by atoms with van der Waals surface area (Å²) < 4.78 is 27.3. The molecule has 0 bridgehead atoms. The third kappa shape index (κ3) is 2.61. The molecule has 2 N–H and O–H groups in total. The molecule has 5 nitrogen and oxygen atoms in total. The van der Waals surface area contributed by atoms with Crippen LogP contribution < -0.4 is 5.32 Å². The van der Waals surface area contributed by atoms with Crippen molar-refractivity contribution in [1.29, 1.82) is 0 Å². The first-order valence-corrected chi connectivity index (χ1v) is 5.85. The van der Waals surface area contributed by atoms with Gasteiger partial charge < -0.3 is 10.4 Å². The molecule has 1 aromatic carbocycles. The second kappa shape index (κ2) is 5.28. The van der Waals surface area contributed by atoms with Gasteiger partial charge in [0.1, 0.15) is 11.4 Å². The molecule has 0 atom stereocenters. The Bertz CT molecular complexity index is 668. The average molecular weight is 281 g/mol. The van der Waals surface area contributed by atoms with Crippen LogP contribution in [0.5, 0.6) is 0 Å². The first-order chi connectivity index (χ1) is 9.40. The molecule has 0 saturated carbocycles. The monoisotopic (exact) mass is 281 g/mol. The van der Waals surface area contributed by atoms with E-state index in [4.69, 9.17) is 5.11 Å². The lowest BCUT2D eigenvalue weighted by atomic mass is 10.2. The van der Waals surface area contributed by atoms with Gasteiger partial charge in [-0.15, -0.1) is 0 Å². The zero-order chi connectivity index (χ0) is 14.9. The van der Waals surface area contributed by atoms with E-state index in [0.717, 1.165) is 12.1 Å². The van der Waals surface area contributed by atoms with Gasteiger partial charge in [-0.2, -0.15) is 5.10 Å². The average Bonchev–Trinajstić information content (AvgIpc) is 2.65. The highest BCUT2D eigenvalue weighted by molar-refractivity contribution is 5.94. The van der Waals surface area contributed by atoms with Crippen LogP contribution in [0.2, 0.25) is 0 Å². The topological polar surface area (TPSA) is 67.2 Å². The molecule has 1 heterocycles. The largest absolute Gasteiger partial charge is 0.477 e. The maximum atomic E-state index is 13.1. The number of halogens is 2. The van der Waals surface area contributed by atoms with E-state index >= 15 is 0 Å². The van der Waals surface area contributed by atoms with Crippen LogP contribution in [-0.4, -0.2) is 20.9 Å². The lowest BCUT2D eigenvalue weighted by molar-refractivity contribution is 0.0697. The summed E-state index contributed by atoms with van der Waals surface area (Å²) in [4.78, 5) is 11.2. The van der Waals surface area contributed by atoms with E-state index in [1.807, 2.05) is 0 Å². The normalized spacial score (nSPS) is 10.6. The Hall–Kier alpha value is -2.44. The van der Waals surface area contributed by atoms with Crippen molar-refractivity contribution in [2.75, 3.05) is 5.32 Å². The van der Waals surface area contributed by atoms with Crippen LogP contribution in [0.1, 0.15) is 21.6 Å². The van der Waals surface area contributed by atoms with E-state index < -0.39 is 17.6 Å². The van der Waals surface area contributed by atoms with Gasteiger partial charge >= 0.3 is 5.97 Å². The van der Waals surface area contributed by atoms with Crippen LogP contribution in [0.3, 0.4) is 0 Å². The van der Waals surface area contributed by atoms with Crippen LogP contribution in [-0.2, 0) is 13.6 Å². The summed E-state index contributed by atoms with van der Waals surface area (Å²) in [6.07, 6.45) is 0. The molecule has 0 radical (unpaired) electrons. The van der Waals surface area contributed by atoms with Crippen LogP contribution in [0.4, 0.5) is 14.6 Å². The number of carboxylic acid groups (broad SMARTS) is 1. The van der Waals surface area contributed by atoms with E-state index in [2.05, 4.69) is 10.4 Å². The Kier molecular flexibility index (Phi) is 3.69. The summed E-state index contributed by atoms with van der Waals surface area (Å²) >= 11 is 0. The van der Waals surface area contributed by atoms with Gasteiger partial charge in [0, 0.05) is 13.6 Å². The highest BCUT2D eigenvalue weighted by atomic mass is 19.2. The molecule has 0 unspecified atom stereocenters. The Morgan fingerprint density at radius 2 is 2.10 bits per heavy atom. The van der Waals surface area contributed by atoms with E-state index in [1.165, 1.54) is 10.7 Å². The number of hydrogen-bond donors (Lipinski definition) is 2. The molecule has 7 heteroatoms. The fourth-order valence-electron chi connectivity index (χ4n) is 1.95. The van der Waals surface area contributed by atoms with Crippen molar-refractivity contribution in [3.8, 4) is 0 Å². The lowest BCUT2D eigenvalue weighted by Crippen LogP contribution is -2.09. The quantitative estimate of drug-likeness (QED) is 0.902. The van der Waals surface area contributed by atoms with Crippen molar-refractivity contribution in [2.45, 2.75) is 13.5 Å². The van der Waals surface area contributed by atoms with E-state index in [0.29, 0.717) is 17.1 Å². The molecule has 0 fully saturated rings. The zero-order valence-corrected chi connectivity index (χ0v) is 10.9. The maximum Gasteiger partial charge on any atom is 0.341 e. The van der Waals surface area contributed by atoms with Gasteiger partial charge in [-0.3, -0.25) is 4.68 Å². The van der Waals surface area contributed by atoms with Crippen LogP contribution in [0, 0.1) is 18.6 Å². The molecule has 0 saturated heterocycles. The summed E-state index contributed by atoms with van der Waals surface area (Å²) in [5.74, 6) is -2.64. The van der Waals surface area contributed by atoms with Gasteiger partial charge in [-0.05, 0) is 24.6 Å². The van der Waals surface area contributed by atoms with Gasteiger partial charge in [0.2, 0.25) is 0 Å². The van der Waals surface area contributed by atoms with Crippen molar-refractivity contribution in [1.82, 2.24) is 9.78 Å². The number of hydrogen-bond acceptors (Lipinski definition) is 3. The second-order valence-electron chi connectivity index (χ2n) is 4.34. The predicted octanol–water partition coefficient (Wildman–Crippen LogP) is 2.32.